The largest absolute Gasteiger partial charge is 0.330 e. The van der Waals surface area contributed by atoms with Crippen molar-refractivity contribution in [2.24, 2.45) is 11.7 Å². The minimum Gasteiger partial charge on any atom is -0.330 e. The van der Waals surface area contributed by atoms with Crippen LogP contribution >= 0.6 is 0 Å². The van der Waals surface area contributed by atoms with Crippen molar-refractivity contribution in [2.45, 2.75) is 40.0 Å². The molecule has 2 aromatic heterocycles. The molecule has 1 unspecified atom stereocenters. The monoisotopic (exact) mass is 247 g/mol. The first kappa shape index (κ1) is 13.0. The summed E-state index contributed by atoms with van der Waals surface area (Å²) in [7, 11) is 0. The molecule has 98 valence electrons. The van der Waals surface area contributed by atoms with Gasteiger partial charge in [-0.05, 0) is 45.2 Å². The zero-order valence-electron chi connectivity index (χ0n) is 11.3. The maximum atomic E-state index is 5.57. The van der Waals surface area contributed by atoms with Gasteiger partial charge in [0.2, 0.25) is 0 Å². The molecule has 0 bridgehead atoms. The zero-order valence-corrected chi connectivity index (χ0v) is 11.3. The highest BCUT2D eigenvalue weighted by atomic mass is 15.3. The fourth-order valence-corrected chi connectivity index (χ4v) is 2.26. The highest BCUT2D eigenvalue weighted by Gasteiger charge is 2.10. The van der Waals surface area contributed by atoms with Crippen LogP contribution in [0, 0.1) is 19.8 Å². The van der Waals surface area contributed by atoms with Gasteiger partial charge in [0.05, 0.1) is 0 Å². The Labute approximate surface area is 107 Å². The third-order valence-corrected chi connectivity index (χ3v) is 3.28. The fraction of sp³-hybridized carbons (Fsp3) is 0.615. The highest BCUT2D eigenvalue weighted by Crippen LogP contribution is 2.13. The van der Waals surface area contributed by atoms with Crippen LogP contribution in [0.2, 0.25) is 0 Å². The minimum atomic E-state index is 0.626. The van der Waals surface area contributed by atoms with Crippen molar-refractivity contribution < 1.29 is 0 Å². The molecule has 0 saturated carbocycles. The van der Waals surface area contributed by atoms with Crippen molar-refractivity contribution in [2.75, 3.05) is 6.54 Å². The summed E-state index contributed by atoms with van der Waals surface area (Å²) < 4.78 is 2.04. The van der Waals surface area contributed by atoms with Gasteiger partial charge in [0, 0.05) is 17.8 Å². The zero-order chi connectivity index (χ0) is 13.1. The summed E-state index contributed by atoms with van der Waals surface area (Å²) in [5, 5.41) is 8.39. The van der Waals surface area contributed by atoms with Gasteiger partial charge in [0.25, 0.3) is 5.78 Å². The lowest BCUT2D eigenvalue weighted by atomic mass is 10.0. The molecule has 0 amide bonds. The van der Waals surface area contributed by atoms with Crippen LogP contribution in [-0.2, 0) is 6.42 Å². The van der Waals surface area contributed by atoms with Gasteiger partial charge in [0.1, 0.15) is 5.82 Å². The minimum absolute atomic E-state index is 0.626. The number of nitrogens with two attached hydrogens (primary N) is 1. The molecule has 1 atom stereocenters. The maximum Gasteiger partial charge on any atom is 0.255 e. The molecule has 0 aliphatic rings. The van der Waals surface area contributed by atoms with Gasteiger partial charge in [-0.3, -0.25) is 4.40 Å². The Balaban J connectivity index is 2.19. The summed E-state index contributed by atoms with van der Waals surface area (Å²) in [6.07, 6.45) is 3.08. The van der Waals surface area contributed by atoms with Crippen molar-refractivity contribution in [1.82, 2.24) is 19.6 Å². The van der Waals surface area contributed by atoms with Crippen LogP contribution in [-0.4, -0.2) is 26.1 Å². The van der Waals surface area contributed by atoms with Crippen LogP contribution in [0.5, 0.6) is 0 Å². The van der Waals surface area contributed by atoms with Crippen LogP contribution in [0.25, 0.3) is 5.78 Å². The van der Waals surface area contributed by atoms with Crippen molar-refractivity contribution in [3.63, 3.8) is 0 Å². The average Bonchev–Trinajstić information content (AvgIpc) is 2.70. The molecule has 0 radical (unpaired) electrons. The van der Waals surface area contributed by atoms with Gasteiger partial charge in [-0.15, -0.1) is 10.2 Å². The third-order valence-electron chi connectivity index (χ3n) is 3.28. The van der Waals surface area contributed by atoms with Gasteiger partial charge >= 0.3 is 0 Å². The number of rotatable bonds is 5. The molecule has 0 aliphatic carbocycles. The molecule has 2 heterocycles. The number of hydrogen-bond donors (Lipinski definition) is 1. The van der Waals surface area contributed by atoms with Crippen LogP contribution < -0.4 is 5.73 Å². The van der Waals surface area contributed by atoms with Crippen LogP contribution in [0.1, 0.15) is 37.0 Å². The smallest absolute Gasteiger partial charge is 0.255 e. The quantitative estimate of drug-likeness (QED) is 0.872. The van der Waals surface area contributed by atoms with E-state index in [1.54, 1.807) is 0 Å². The summed E-state index contributed by atoms with van der Waals surface area (Å²) in [6, 6.07) is 2.06. The SMILES string of the molecule is Cc1cc(C)n2c(CCC(C)CCN)nnc2n1. The van der Waals surface area contributed by atoms with E-state index in [1.807, 2.05) is 11.3 Å². The maximum absolute atomic E-state index is 5.57. The molecular weight excluding hydrogens is 226 g/mol. The molecule has 5 nitrogen and oxygen atoms in total. The Kier molecular flexibility index (Phi) is 3.91. The van der Waals surface area contributed by atoms with Gasteiger partial charge in [-0.2, -0.15) is 0 Å². The molecule has 18 heavy (non-hydrogen) atoms. The Morgan fingerprint density at radius 1 is 1.28 bits per heavy atom. The molecule has 0 saturated heterocycles. The van der Waals surface area contributed by atoms with Crippen LogP contribution in [0.4, 0.5) is 0 Å². The van der Waals surface area contributed by atoms with Crippen molar-refractivity contribution in [3.05, 3.63) is 23.3 Å². The Bertz CT molecular complexity index is 531. The molecule has 2 aromatic rings. The van der Waals surface area contributed by atoms with Crippen molar-refractivity contribution in [1.29, 1.82) is 0 Å². The molecule has 2 rings (SSSR count). The van der Waals surface area contributed by atoms with E-state index in [2.05, 4.69) is 35.1 Å². The topological polar surface area (TPSA) is 69.1 Å². The number of nitrogens with zero attached hydrogens (tertiary/aromatic N) is 4. The first-order valence-corrected chi connectivity index (χ1v) is 6.50. The van der Waals surface area contributed by atoms with E-state index in [9.17, 15) is 0 Å². The van der Waals surface area contributed by atoms with Crippen LogP contribution in [0.15, 0.2) is 6.07 Å². The van der Waals surface area contributed by atoms with Crippen LogP contribution in [0.3, 0.4) is 0 Å². The first-order chi connectivity index (χ1) is 8.61. The van der Waals surface area contributed by atoms with Gasteiger partial charge in [-0.25, -0.2) is 4.98 Å². The lowest BCUT2D eigenvalue weighted by molar-refractivity contribution is 0.492. The number of aromatic nitrogens is 4. The van der Waals surface area contributed by atoms with E-state index in [0.29, 0.717) is 11.7 Å². The normalized spacial score (nSPS) is 13.1. The summed E-state index contributed by atoms with van der Waals surface area (Å²) in [6.45, 7) is 7.02. The van der Waals surface area contributed by atoms with E-state index in [1.165, 1.54) is 0 Å². The van der Waals surface area contributed by atoms with Crippen molar-refractivity contribution >= 4 is 5.78 Å². The second kappa shape index (κ2) is 5.44. The predicted molar refractivity (Wildman–Crippen MR) is 71.4 cm³/mol. The Morgan fingerprint density at radius 2 is 2.06 bits per heavy atom. The van der Waals surface area contributed by atoms with E-state index in [-0.39, 0.29) is 0 Å². The predicted octanol–water partition coefficient (Wildman–Crippen LogP) is 1.66. The summed E-state index contributed by atoms with van der Waals surface area (Å²) >= 11 is 0. The summed E-state index contributed by atoms with van der Waals surface area (Å²) in [4.78, 5) is 4.39. The molecule has 0 aliphatic heterocycles. The third kappa shape index (κ3) is 2.67. The van der Waals surface area contributed by atoms with E-state index in [0.717, 1.165) is 43.0 Å². The standard InChI is InChI=1S/C13H21N5/c1-9(6-7-14)4-5-12-16-17-13-15-10(2)8-11(3)18(12)13/h8-9H,4-7,14H2,1-3H3. The summed E-state index contributed by atoms with van der Waals surface area (Å²) in [5.41, 5.74) is 7.69. The molecular formula is C13H21N5. The lowest BCUT2D eigenvalue weighted by Gasteiger charge is -2.09. The highest BCUT2D eigenvalue weighted by molar-refractivity contribution is 5.32. The Hall–Kier alpha value is -1.49. The van der Waals surface area contributed by atoms with Gasteiger partial charge in [0.15, 0.2) is 0 Å². The van der Waals surface area contributed by atoms with Crippen molar-refractivity contribution in [3.8, 4) is 0 Å². The second-order valence-corrected chi connectivity index (χ2v) is 5.01. The molecule has 5 heteroatoms. The van der Waals surface area contributed by atoms with E-state index in [4.69, 9.17) is 5.73 Å². The second-order valence-electron chi connectivity index (χ2n) is 5.01. The number of fused-ring (bicyclic) bond motifs is 1. The summed E-state index contributed by atoms with van der Waals surface area (Å²) in [5.74, 6) is 2.33. The molecule has 0 spiro atoms. The van der Waals surface area contributed by atoms with E-state index < -0.39 is 0 Å². The average molecular weight is 247 g/mol. The molecule has 0 fully saturated rings. The Morgan fingerprint density at radius 3 is 2.78 bits per heavy atom. The number of hydrogen-bond acceptors (Lipinski definition) is 4. The van der Waals surface area contributed by atoms with Gasteiger partial charge in [-0.1, -0.05) is 6.92 Å². The van der Waals surface area contributed by atoms with E-state index >= 15 is 0 Å². The number of aryl methyl sites for hydroxylation is 3. The molecule has 0 aromatic carbocycles. The molecule has 2 N–H and O–H groups in total. The lowest BCUT2D eigenvalue weighted by Crippen LogP contribution is -2.08. The fourth-order valence-electron chi connectivity index (χ4n) is 2.26. The van der Waals surface area contributed by atoms with Gasteiger partial charge < -0.3 is 5.73 Å². The first-order valence-electron chi connectivity index (χ1n) is 6.50.